The topological polar surface area (TPSA) is 46.5 Å². The van der Waals surface area contributed by atoms with E-state index in [4.69, 9.17) is 4.74 Å². The first-order valence-electron chi connectivity index (χ1n) is 15.7. The van der Waals surface area contributed by atoms with Gasteiger partial charge in [-0.25, -0.2) is 4.79 Å². The molecule has 3 aliphatic carbocycles. The number of rotatable bonds is 10. The minimum atomic E-state index is -0.390. The van der Waals surface area contributed by atoms with Crippen LogP contribution < -0.4 is 0 Å². The molecule has 1 aromatic rings. The van der Waals surface area contributed by atoms with E-state index >= 15 is 0 Å². The molecule has 0 aliphatic heterocycles. The van der Waals surface area contributed by atoms with Crippen LogP contribution in [0.15, 0.2) is 42.0 Å². The standard InChI is InChI=1S/C35H54O3/c1-7-12-29-32-30(18-19-34(29,5)23-25(4)14-11-13-24(2)3)35(6)20-17-28(21-27(35)22-31(32)36)38-33(37)26-15-9-8-10-16-26/h8-10,15-16,22,24-25,28-32,36H,7,11-14,17-21,23H2,1-6H3. The van der Waals surface area contributed by atoms with Crippen LogP contribution in [0.1, 0.15) is 123 Å². The Bertz CT molecular complexity index is 951. The molecule has 8 atom stereocenters. The highest BCUT2D eigenvalue weighted by Gasteiger charge is 2.57. The van der Waals surface area contributed by atoms with Crippen LogP contribution in [-0.2, 0) is 4.74 Å². The van der Waals surface area contributed by atoms with E-state index in [1.54, 1.807) is 0 Å². The minimum absolute atomic E-state index is 0.0993. The maximum atomic E-state index is 12.7. The molecule has 3 aliphatic rings. The lowest BCUT2D eigenvalue weighted by molar-refractivity contribution is -0.103. The van der Waals surface area contributed by atoms with Gasteiger partial charge in [0.2, 0.25) is 0 Å². The summed E-state index contributed by atoms with van der Waals surface area (Å²) in [6, 6.07) is 9.32. The zero-order valence-electron chi connectivity index (χ0n) is 25.0. The number of carbonyl (C=O) groups is 1. The Morgan fingerprint density at radius 1 is 1.08 bits per heavy atom. The highest BCUT2D eigenvalue weighted by atomic mass is 16.5. The fourth-order valence-corrected chi connectivity index (χ4v) is 8.80. The second-order valence-corrected chi connectivity index (χ2v) is 14.1. The second-order valence-electron chi connectivity index (χ2n) is 14.1. The maximum Gasteiger partial charge on any atom is 0.338 e. The first kappa shape index (κ1) is 29.4. The molecule has 3 heteroatoms. The number of fused-ring (bicyclic) bond motifs is 3. The van der Waals surface area contributed by atoms with Gasteiger partial charge in [0.1, 0.15) is 6.10 Å². The number of esters is 1. The zero-order valence-corrected chi connectivity index (χ0v) is 25.0. The van der Waals surface area contributed by atoms with Crippen molar-refractivity contribution in [2.75, 3.05) is 0 Å². The highest BCUT2D eigenvalue weighted by molar-refractivity contribution is 5.89. The molecule has 4 rings (SSSR count). The van der Waals surface area contributed by atoms with Crippen molar-refractivity contribution in [3.05, 3.63) is 47.5 Å². The molecule has 0 spiro atoms. The Kier molecular flexibility index (Phi) is 9.49. The van der Waals surface area contributed by atoms with Gasteiger partial charge in [-0.1, -0.05) is 97.1 Å². The summed E-state index contributed by atoms with van der Waals surface area (Å²) in [6.45, 7) is 14.5. The quantitative estimate of drug-likeness (QED) is 0.246. The average Bonchev–Trinajstić information content (AvgIpc) is 2.87. The van der Waals surface area contributed by atoms with Crippen LogP contribution in [0.3, 0.4) is 0 Å². The van der Waals surface area contributed by atoms with Gasteiger partial charge in [-0.3, -0.25) is 0 Å². The molecule has 38 heavy (non-hydrogen) atoms. The summed E-state index contributed by atoms with van der Waals surface area (Å²) in [5.74, 6) is 2.73. The van der Waals surface area contributed by atoms with Crippen molar-refractivity contribution in [2.45, 2.75) is 124 Å². The number of ether oxygens (including phenoxy) is 1. The van der Waals surface area contributed by atoms with Gasteiger partial charge in [0.05, 0.1) is 11.7 Å². The van der Waals surface area contributed by atoms with E-state index in [0.29, 0.717) is 28.7 Å². The van der Waals surface area contributed by atoms with Crippen LogP contribution in [0.5, 0.6) is 0 Å². The second kappa shape index (κ2) is 12.3. The van der Waals surface area contributed by atoms with E-state index in [-0.39, 0.29) is 23.6 Å². The molecule has 0 bridgehead atoms. The summed E-state index contributed by atoms with van der Waals surface area (Å²) < 4.78 is 5.96. The lowest BCUT2D eigenvalue weighted by Gasteiger charge is -2.60. The molecule has 1 aromatic carbocycles. The molecular weight excluding hydrogens is 468 g/mol. The van der Waals surface area contributed by atoms with E-state index in [9.17, 15) is 9.90 Å². The number of aliphatic hydroxyl groups excluding tert-OH is 1. The molecule has 3 nitrogen and oxygen atoms in total. The fourth-order valence-electron chi connectivity index (χ4n) is 8.80. The van der Waals surface area contributed by atoms with Crippen molar-refractivity contribution in [3.63, 3.8) is 0 Å². The van der Waals surface area contributed by atoms with Crippen molar-refractivity contribution in [3.8, 4) is 0 Å². The molecule has 0 heterocycles. The molecule has 2 saturated carbocycles. The normalized spacial score (nSPS) is 35.7. The minimum Gasteiger partial charge on any atom is -0.458 e. The van der Waals surface area contributed by atoms with Gasteiger partial charge in [-0.15, -0.1) is 0 Å². The summed E-state index contributed by atoms with van der Waals surface area (Å²) in [4.78, 5) is 12.7. The summed E-state index contributed by atoms with van der Waals surface area (Å²) in [5.41, 5.74) is 2.37. The molecule has 0 aromatic heterocycles. The van der Waals surface area contributed by atoms with Crippen LogP contribution in [0.4, 0.5) is 0 Å². The van der Waals surface area contributed by atoms with E-state index in [1.165, 1.54) is 56.9 Å². The molecule has 8 unspecified atom stereocenters. The molecule has 0 saturated heterocycles. The lowest BCUT2D eigenvalue weighted by Crippen LogP contribution is -2.55. The molecule has 0 amide bonds. The molecule has 0 radical (unpaired) electrons. The van der Waals surface area contributed by atoms with Crippen LogP contribution >= 0.6 is 0 Å². The first-order valence-corrected chi connectivity index (χ1v) is 15.7. The van der Waals surface area contributed by atoms with E-state index in [0.717, 1.165) is 31.1 Å². The van der Waals surface area contributed by atoms with Crippen molar-refractivity contribution >= 4 is 5.97 Å². The third-order valence-corrected chi connectivity index (χ3v) is 10.8. The van der Waals surface area contributed by atoms with E-state index < -0.39 is 0 Å². The SMILES string of the molecule is CCCC1C2C(O)C=C3CC(OC(=O)c4ccccc4)CCC3(C)C2CCC1(C)CC(C)CCCC(C)C. The number of hydrogen-bond acceptors (Lipinski definition) is 3. The molecule has 1 N–H and O–H groups in total. The average molecular weight is 523 g/mol. The van der Waals surface area contributed by atoms with Crippen molar-refractivity contribution < 1.29 is 14.6 Å². The highest BCUT2D eigenvalue weighted by Crippen LogP contribution is 2.63. The van der Waals surface area contributed by atoms with E-state index in [2.05, 4.69) is 47.6 Å². The first-order chi connectivity index (χ1) is 18.1. The number of hydrogen-bond donors (Lipinski definition) is 1. The molecular formula is C35H54O3. The van der Waals surface area contributed by atoms with Crippen molar-refractivity contribution in [2.24, 2.45) is 40.4 Å². The third-order valence-electron chi connectivity index (χ3n) is 10.8. The Hall–Kier alpha value is -1.61. The Balaban J connectivity index is 1.49. The Labute approximate surface area is 232 Å². The monoisotopic (exact) mass is 522 g/mol. The Morgan fingerprint density at radius 3 is 2.50 bits per heavy atom. The summed E-state index contributed by atoms with van der Waals surface area (Å²) >= 11 is 0. The van der Waals surface area contributed by atoms with Gasteiger partial charge in [0, 0.05) is 6.42 Å². The van der Waals surface area contributed by atoms with Crippen molar-refractivity contribution in [1.29, 1.82) is 0 Å². The Morgan fingerprint density at radius 2 is 1.82 bits per heavy atom. The number of carbonyl (C=O) groups excluding carboxylic acids is 1. The van der Waals surface area contributed by atoms with Gasteiger partial charge in [-0.2, -0.15) is 0 Å². The van der Waals surface area contributed by atoms with Gasteiger partial charge in [-0.05, 0) is 91.1 Å². The molecule has 2 fully saturated rings. The molecule has 212 valence electrons. The van der Waals surface area contributed by atoms with Crippen LogP contribution in [-0.4, -0.2) is 23.3 Å². The number of aliphatic hydroxyl groups is 1. The van der Waals surface area contributed by atoms with Gasteiger partial charge in [0.15, 0.2) is 0 Å². The van der Waals surface area contributed by atoms with Crippen molar-refractivity contribution in [1.82, 2.24) is 0 Å². The van der Waals surface area contributed by atoms with E-state index in [1.807, 2.05) is 30.3 Å². The van der Waals surface area contributed by atoms with Gasteiger partial charge in [0.25, 0.3) is 0 Å². The third kappa shape index (κ3) is 6.24. The summed E-state index contributed by atoms with van der Waals surface area (Å²) in [7, 11) is 0. The van der Waals surface area contributed by atoms with Crippen LogP contribution in [0.25, 0.3) is 0 Å². The van der Waals surface area contributed by atoms with Gasteiger partial charge < -0.3 is 9.84 Å². The smallest absolute Gasteiger partial charge is 0.338 e. The lowest BCUT2D eigenvalue weighted by atomic mass is 9.45. The van der Waals surface area contributed by atoms with Crippen LogP contribution in [0.2, 0.25) is 0 Å². The predicted molar refractivity (Wildman–Crippen MR) is 157 cm³/mol. The number of benzene rings is 1. The van der Waals surface area contributed by atoms with Gasteiger partial charge >= 0.3 is 5.97 Å². The van der Waals surface area contributed by atoms with Crippen LogP contribution in [0, 0.1) is 40.4 Å². The predicted octanol–water partition coefficient (Wildman–Crippen LogP) is 9.00. The summed E-state index contributed by atoms with van der Waals surface area (Å²) in [6.07, 6.45) is 14.6. The maximum absolute atomic E-state index is 12.7. The zero-order chi connectivity index (χ0) is 27.5. The largest absolute Gasteiger partial charge is 0.458 e. The fraction of sp³-hybridized carbons (Fsp3) is 0.743. The summed E-state index contributed by atoms with van der Waals surface area (Å²) in [5, 5.41) is 11.7.